The Morgan fingerprint density at radius 2 is 2.07 bits per heavy atom. The van der Waals surface area contributed by atoms with Gasteiger partial charge in [0.2, 0.25) is 0 Å². The van der Waals surface area contributed by atoms with Crippen LogP contribution < -0.4 is 0 Å². The summed E-state index contributed by atoms with van der Waals surface area (Å²) in [5, 5.41) is 10.9. The fourth-order valence-corrected chi connectivity index (χ4v) is 3.55. The molecule has 14 heavy (non-hydrogen) atoms. The van der Waals surface area contributed by atoms with Crippen LogP contribution in [0.3, 0.4) is 0 Å². The van der Waals surface area contributed by atoms with Crippen LogP contribution in [0.25, 0.3) is 0 Å². The second kappa shape index (κ2) is 3.88. The Morgan fingerprint density at radius 1 is 1.50 bits per heavy atom. The third-order valence-electron chi connectivity index (χ3n) is 1.95. The van der Waals surface area contributed by atoms with Gasteiger partial charge in [0.05, 0.1) is 0 Å². The van der Waals surface area contributed by atoms with Crippen LogP contribution in [0.5, 0.6) is 5.75 Å². The molecule has 1 rings (SSSR count). The molecule has 0 radical (unpaired) electrons. The topological polar surface area (TPSA) is 57.6 Å². The Bertz CT molecular complexity index is 408. The van der Waals surface area contributed by atoms with E-state index in [9.17, 15) is 13.5 Å². The van der Waals surface area contributed by atoms with Crippen LogP contribution in [-0.2, 0) is 10.0 Å². The summed E-state index contributed by atoms with van der Waals surface area (Å²) in [6.45, 7) is 3.56. The van der Waals surface area contributed by atoms with Gasteiger partial charge >= 0.3 is 0 Å². The Hall–Kier alpha value is -0.590. The van der Waals surface area contributed by atoms with E-state index in [-0.39, 0.29) is 16.0 Å². The molecule has 0 aliphatic rings. The van der Waals surface area contributed by atoms with Gasteiger partial charge in [-0.1, -0.05) is 0 Å². The van der Waals surface area contributed by atoms with Gasteiger partial charge in [0.1, 0.15) is 5.75 Å². The van der Waals surface area contributed by atoms with Crippen LogP contribution in [-0.4, -0.2) is 30.9 Å². The smallest absolute Gasteiger partial charge is 0.256 e. The molecule has 80 valence electrons. The Kier molecular flexibility index (Phi) is 3.18. The van der Waals surface area contributed by atoms with Crippen molar-refractivity contribution in [3.05, 3.63) is 11.4 Å². The van der Waals surface area contributed by atoms with Gasteiger partial charge in [-0.25, -0.2) is 8.42 Å². The molecule has 0 aliphatic carbocycles. The Morgan fingerprint density at radius 3 is 2.43 bits per heavy atom. The standard InChI is InChI=1S/C8H13NO3S2/c1-6(2)9(3)14(11,12)8-7(10)4-5-13-8/h4-6,10H,1-3H3. The third kappa shape index (κ3) is 1.92. The van der Waals surface area contributed by atoms with E-state index in [1.54, 1.807) is 19.2 Å². The van der Waals surface area contributed by atoms with E-state index < -0.39 is 10.0 Å². The lowest BCUT2D eigenvalue weighted by molar-refractivity contribution is 0.406. The summed E-state index contributed by atoms with van der Waals surface area (Å²) >= 11 is 1.02. The van der Waals surface area contributed by atoms with E-state index in [4.69, 9.17) is 0 Å². The lowest BCUT2D eigenvalue weighted by atomic mass is 10.4. The molecule has 0 bridgehead atoms. The summed E-state index contributed by atoms with van der Waals surface area (Å²) in [5.74, 6) is -0.178. The molecule has 6 heteroatoms. The molecule has 1 heterocycles. The largest absolute Gasteiger partial charge is 0.506 e. The van der Waals surface area contributed by atoms with E-state index in [0.29, 0.717) is 0 Å². The van der Waals surface area contributed by atoms with Crippen molar-refractivity contribution in [1.29, 1.82) is 0 Å². The van der Waals surface area contributed by atoms with Crippen molar-refractivity contribution in [2.24, 2.45) is 0 Å². The molecule has 1 aromatic heterocycles. The number of hydrogen-bond acceptors (Lipinski definition) is 4. The normalized spacial score (nSPS) is 12.6. The predicted molar refractivity (Wildman–Crippen MR) is 56.1 cm³/mol. The van der Waals surface area contributed by atoms with Gasteiger partial charge in [-0.15, -0.1) is 11.3 Å². The zero-order valence-electron chi connectivity index (χ0n) is 8.26. The lowest BCUT2D eigenvalue weighted by Gasteiger charge is -2.19. The van der Waals surface area contributed by atoms with Gasteiger partial charge in [0.15, 0.2) is 4.21 Å². The van der Waals surface area contributed by atoms with Crippen LogP contribution in [0, 0.1) is 0 Å². The van der Waals surface area contributed by atoms with Crippen molar-refractivity contribution in [1.82, 2.24) is 4.31 Å². The first-order chi connectivity index (χ1) is 6.37. The van der Waals surface area contributed by atoms with Crippen LogP contribution in [0.2, 0.25) is 0 Å². The van der Waals surface area contributed by atoms with Crippen molar-refractivity contribution in [2.75, 3.05) is 7.05 Å². The summed E-state index contributed by atoms with van der Waals surface area (Å²) in [7, 11) is -2.02. The molecule has 0 aromatic carbocycles. The van der Waals surface area contributed by atoms with E-state index in [2.05, 4.69) is 0 Å². The van der Waals surface area contributed by atoms with Crippen molar-refractivity contribution in [3.63, 3.8) is 0 Å². The first kappa shape index (κ1) is 11.5. The van der Waals surface area contributed by atoms with Crippen LogP contribution in [0.1, 0.15) is 13.8 Å². The van der Waals surface area contributed by atoms with Gasteiger partial charge in [0.25, 0.3) is 10.0 Å². The number of rotatable bonds is 3. The highest BCUT2D eigenvalue weighted by atomic mass is 32.2. The average molecular weight is 235 g/mol. The van der Waals surface area contributed by atoms with Crippen LogP contribution in [0.4, 0.5) is 0 Å². The minimum Gasteiger partial charge on any atom is -0.506 e. The van der Waals surface area contributed by atoms with E-state index >= 15 is 0 Å². The summed E-state index contributed by atoms with van der Waals surface area (Å²) in [5.41, 5.74) is 0. The second-order valence-electron chi connectivity index (χ2n) is 3.21. The van der Waals surface area contributed by atoms with Crippen LogP contribution >= 0.6 is 11.3 Å². The number of hydrogen-bond donors (Lipinski definition) is 1. The molecular weight excluding hydrogens is 222 g/mol. The van der Waals surface area contributed by atoms with Crippen molar-refractivity contribution in [3.8, 4) is 5.75 Å². The van der Waals surface area contributed by atoms with Gasteiger partial charge in [-0.05, 0) is 25.3 Å². The minimum absolute atomic E-state index is 0.00806. The molecule has 0 saturated heterocycles. The highest BCUT2D eigenvalue weighted by molar-refractivity contribution is 7.91. The first-order valence-electron chi connectivity index (χ1n) is 4.12. The highest BCUT2D eigenvalue weighted by Crippen LogP contribution is 2.31. The number of nitrogens with zero attached hydrogens (tertiary/aromatic N) is 1. The monoisotopic (exact) mass is 235 g/mol. The SMILES string of the molecule is CC(C)N(C)S(=O)(=O)c1sccc1O. The Balaban J connectivity index is 3.16. The quantitative estimate of drug-likeness (QED) is 0.863. The Labute approximate surface area is 87.8 Å². The maximum atomic E-state index is 11.8. The van der Waals surface area contributed by atoms with Crippen molar-refractivity contribution in [2.45, 2.75) is 24.1 Å². The van der Waals surface area contributed by atoms with Crippen molar-refractivity contribution >= 4 is 21.4 Å². The van der Waals surface area contributed by atoms with Gasteiger partial charge in [0, 0.05) is 13.1 Å². The molecule has 0 spiro atoms. The van der Waals surface area contributed by atoms with E-state index in [0.717, 1.165) is 11.3 Å². The maximum absolute atomic E-state index is 11.8. The molecule has 0 saturated carbocycles. The predicted octanol–water partition coefficient (Wildman–Crippen LogP) is 1.48. The highest BCUT2D eigenvalue weighted by Gasteiger charge is 2.27. The number of thiophene rings is 1. The summed E-state index contributed by atoms with van der Waals surface area (Å²) < 4.78 is 24.9. The van der Waals surface area contributed by atoms with E-state index in [1.807, 2.05) is 0 Å². The molecule has 1 N–H and O–H groups in total. The molecule has 4 nitrogen and oxygen atoms in total. The molecule has 0 fully saturated rings. The van der Waals surface area contributed by atoms with E-state index in [1.165, 1.54) is 17.4 Å². The van der Waals surface area contributed by atoms with Crippen molar-refractivity contribution < 1.29 is 13.5 Å². The van der Waals surface area contributed by atoms with Gasteiger partial charge in [-0.2, -0.15) is 4.31 Å². The molecule has 0 aliphatic heterocycles. The molecular formula is C8H13NO3S2. The van der Waals surface area contributed by atoms with Gasteiger partial charge < -0.3 is 5.11 Å². The van der Waals surface area contributed by atoms with Gasteiger partial charge in [-0.3, -0.25) is 0 Å². The maximum Gasteiger partial charge on any atom is 0.256 e. The summed E-state index contributed by atoms with van der Waals surface area (Å²) in [4.78, 5) is 0. The molecule has 0 unspecified atom stereocenters. The zero-order chi connectivity index (χ0) is 10.9. The fraction of sp³-hybridized carbons (Fsp3) is 0.500. The zero-order valence-corrected chi connectivity index (χ0v) is 9.89. The number of aromatic hydroxyl groups is 1. The first-order valence-corrected chi connectivity index (χ1v) is 6.44. The van der Waals surface area contributed by atoms with Crippen LogP contribution in [0.15, 0.2) is 15.7 Å². The molecule has 0 amide bonds. The fourth-order valence-electron chi connectivity index (χ4n) is 0.890. The molecule has 1 aromatic rings. The average Bonchev–Trinajstić information content (AvgIpc) is 2.50. The second-order valence-corrected chi connectivity index (χ2v) is 6.32. The summed E-state index contributed by atoms with van der Waals surface area (Å²) in [6, 6.07) is 1.26. The lowest BCUT2D eigenvalue weighted by Crippen LogP contribution is -2.32. The minimum atomic E-state index is -3.52. The number of sulfonamides is 1. The third-order valence-corrected chi connectivity index (χ3v) is 5.42. The molecule has 0 atom stereocenters. The summed E-state index contributed by atoms with van der Waals surface area (Å²) in [6.07, 6.45) is 0.